The van der Waals surface area contributed by atoms with Gasteiger partial charge in [-0.2, -0.15) is 5.10 Å². The summed E-state index contributed by atoms with van der Waals surface area (Å²) in [6, 6.07) is 1.95. The van der Waals surface area contributed by atoms with Gasteiger partial charge in [0.25, 0.3) is 0 Å². The van der Waals surface area contributed by atoms with Crippen molar-refractivity contribution in [2.75, 3.05) is 18.9 Å². The highest BCUT2D eigenvalue weighted by Gasteiger charge is 2.07. The first-order valence-electron chi connectivity index (χ1n) is 4.26. The third-order valence-electron chi connectivity index (χ3n) is 2.05. The molecular formula is C8H13N3O. The molecule has 0 aliphatic carbocycles. The number of anilines is 1. The lowest BCUT2D eigenvalue weighted by atomic mass is 10.2. The summed E-state index contributed by atoms with van der Waals surface area (Å²) in [5.41, 5.74) is 6.82. The van der Waals surface area contributed by atoms with Crippen LogP contribution in [0.25, 0.3) is 0 Å². The third kappa shape index (κ3) is 1.43. The van der Waals surface area contributed by atoms with Crippen molar-refractivity contribution in [3.63, 3.8) is 0 Å². The first-order chi connectivity index (χ1) is 5.86. The van der Waals surface area contributed by atoms with E-state index < -0.39 is 0 Å². The molecule has 0 fully saturated rings. The van der Waals surface area contributed by atoms with Crippen molar-refractivity contribution < 1.29 is 4.74 Å². The minimum absolute atomic E-state index is 0.618. The molecule has 0 atom stereocenters. The molecule has 0 bridgehead atoms. The van der Waals surface area contributed by atoms with E-state index in [0.29, 0.717) is 5.82 Å². The van der Waals surface area contributed by atoms with Crippen molar-refractivity contribution in [3.8, 4) is 0 Å². The van der Waals surface area contributed by atoms with Crippen LogP contribution in [0.1, 0.15) is 12.1 Å². The lowest BCUT2D eigenvalue weighted by Crippen LogP contribution is -2.15. The first-order valence-corrected chi connectivity index (χ1v) is 4.26. The zero-order valence-corrected chi connectivity index (χ0v) is 6.99. The van der Waals surface area contributed by atoms with Gasteiger partial charge in [0, 0.05) is 18.4 Å². The van der Waals surface area contributed by atoms with E-state index in [1.165, 1.54) is 5.69 Å². The number of rotatable bonds is 0. The van der Waals surface area contributed by atoms with E-state index in [1.54, 1.807) is 0 Å². The van der Waals surface area contributed by atoms with E-state index in [9.17, 15) is 0 Å². The first kappa shape index (κ1) is 7.61. The van der Waals surface area contributed by atoms with E-state index in [4.69, 9.17) is 10.5 Å². The monoisotopic (exact) mass is 167 g/mol. The summed E-state index contributed by atoms with van der Waals surface area (Å²) in [5, 5.41) is 4.17. The van der Waals surface area contributed by atoms with Gasteiger partial charge in [0.15, 0.2) is 0 Å². The molecule has 1 aromatic rings. The molecule has 0 unspecified atom stereocenters. The number of aryl methyl sites for hydroxylation is 1. The Morgan fingerprint density at radius 3 is 3.33 bits per heavy atom. The van der Waals surface area contributed by atoms with E-state index in [0.717, 1.165) is 32.6 Å². The predicted octanol–water partition coefficient (Wildman–Crippen LogP) is 0.428. The van der Waals surface area contributed by atoms with Crippen LogP contribution in [0, 0.1) is 0 Å². The minimum Gasteiger partial charge on any atom is -0.382 e. The summed E-state index contributed by atoms with van der Waals surface area (Å²) in [6.07, 6.45) is 2.08. The van der Waals surface area contributed by atoms with E-state index in [2.05, 4.69) is 5.10 Å². The summed E-state index contributed by atoms with van der Waals surface area (Å²) in [5.74, 6) is 0.618. The normalized spacial score (nSPS) is 18.0. The van der Waals surface area contributed by atoms with Crippen LogP contribution in [0.3, 0.4) is 0 Å². The van der Waals surface area contributed by atoms with Crippen molar-refractivity contribution in [2.24, 2.45) is 0 Å². The SMILES string of the molecule is Nc1cc2n(n1)CCOCCC2. The number of nitrogens with two attached hydrogens (primary N) is 1. The lowest BCUT2D eigenvalue weighted by Gasteiger charge is -2.11. The smallest absolute Gasteiger partial charge is 0.145 e. The zero-order valence-electron chi connectivity index (χ0n) is 6.99. The Morgan fingerprint density at radius 1 is 1.50 bits per heavy atom. The molecule has 0 aromatic carbocycles. The van der Waals surface area contributed by atoms with Gasteiger partial charge in [-0.3, -0.25) is 4.68 Å². The van der Waals surface area contributed by atoms with Crippen molar-refractivity contribution in [1.29, 1.82) is 0 Å². The number of hydrogen-bond acceptors (Lipinski definition) is 3. The maximum atomic E-state index is 5.59. The van der Waals surface area contributed by atoms with Gasteiger partial charge < -0.3 is 10.5 Å². The number of aromatic nitrogens is 2. The third-order valence-corrected chi connectivity index (χ3v) is 2.05. The second-order valence-corrected chi connectivity index (χ2v) is 3.00. The molecular weight excluding hydrogens is 154 g/mol. The fourth-order valence-corrected chi connectivity index (χ4v) is 1.48. The Bertz CT molecular complexity index is 244. The number of nitrogen functional groups attached to an aromatic ring is 1. The molecule has 66 valence electrons. The van der Waals surface area contributed by atoms with E-state index in [1.807, 2.05) is 10.7 Å². The van der Waals surface area contributed by atoms with Gasteiger partial charge in [0.1, 0.15) is 5.82 Å². The minimum atomic E-state index is 0.618. The number of nitrogens with zero attached hydrogens (tertiary/aromatic N) is 2. The van der Waals surface area contributed by atoms with Crippen molar-refractivity contribution in [2.45, 2.75) is 19.4 Å². The summed E-state index contributed by atoms with van der Waals surface area (Å²) < 4.78 is 7.28. The molecule has 0 saturated carbocycles. The molecule has 2 heterocycles. The van der Waals surface area contributed by atoms with Crippen molar-refractivity contribution in [1.82, 2.24) is 9.78 Å². The molecule has 0 spiro atoms. The molecule has 4 nitrogen and oxygen atoms in total. The van der Waals surface area contributed by atoms with Gasteiger partial charge in [0.2, 0.25) is 0 Å². The second kappa shape index (κ2) is 3.15. The average Bonchev–Trinajstić information content (AvgIpc) is 2.32. The fraction of sp³-hybridized carbons (Fsp3) is 0.625. The fourth-order valence-electron chi connectivity index (χ4n) is 1.48. The number of fused-ring (bicyclic) bond motifs is 1. The van der Waals surface area contributed by atoms with Crippen molar-refractivity contribution >= 4 is 5.82 Å². The molecule has 1 aliphatic rings. The molecule has 0 radical (unpaired) electrons. The van der Waals surface area contributed by atoms with Crippen LogP contribution in [-0.2, 0) is 17.7 Å². The molecule has 1 aromatic heterocycles. The second-order valence-electron chi connectivity index (χ2n) is 3.00. The largest absolute Gasteiger partial charge is 0.382 e. The zero-order chi connectivity index (χ0) is 8.39. The van der Waals surface area contributed by atoms with Crippen LogP contribution in [0.5, 0.6) is 0 Å². The summed E-state index contributed by atoms with van der Waals surface area (Å²) in [6.45, 7) is 2.42. The summed E-state index contributed by atoms with van der Waals surface area (Å²) >= 11 is 0. The molecule has 12 heavy (non-hydrogen) atoms. The molecule has 4 heteroatoms. The highest BCUT2D eigenvalue weighted by Crippen LogP contribution is 2.10. The Hall–Kier alpha value is -1.03. The van der Waals surface area contributed by atoms with Gasteiger partial charge >= 0.3 is 0 Å². The highest BCUT2D eigenvalue weighted by molar-refractivity contribution is 5.29. The van der Waals surface area contributed by atoms with Gasteiger partial charge in [-0.15, -0.1) is 0 Å². The molecule has 1 aliphatic heterocycles. The van der Waals surface area contributed by atoms with Gasteiger partial charge in [0.05, 0.1) is 13.2 Å². The van der Waals surface area contributed by atoms with Crippen LogP contribution in [0.15, 0.2) is 6.07 Å². The Kier molecular flexibility index (Phi) is 1.99. The molecule has 2 rings (SSSR count). The van der Waals surface area contributed by atoms with Crippen LogP contribution in [-0.4, -0.2) is 23.0 Å². The summed E-state index contributed by atoms with van der Waals surface area (Å²) in [4.78, 5) is 0. The van der Waals surface area contributed by atoms with Crippen LogP contribution >= 0.6 is 0 Å². The molecule has 2 N–H and O–H groups in total. The maximum Gasteiger partial charge on any atom is 0.145 e. The standard InChI is InChI=1S/C8H13N3O/c9-8-6-7-2-1-4-12-5-3-11(7)10-8/h6H,1-5H2,(H2,9,10). The Morgan fingerprint density at radius 2 is 2.42 bits per heavy atom. The average molecular weight is 167 g/mol. The van der Waals surface area contributed by atoms with Crippen molar-refractivity contribution in [3.05, 3.63) is 11.8 Å². The number of hydrogen-bond donors (Lipinski definition) is 1. The molecule has 0 saturated heterocycles. The van der Waals surface area contributed by atoms with Crippen LogP contribution in [0.2, 0.25) is 0 Å². The predicted molar refractivity (Wildman–Crippen MR) is 45.8 cm³/mol. The Balaban J connectivity index is 2.23. The van der Waals surface area contributed by atoms with Crippen LogP contribution in [0.4, 0.5) is 5.82 Å². The van der Waals surface area contributed by atoms with E-state index >= 15 is 0 Å². The van der Waals surface area contributed by atoms with Gasteiger partial charge in [-0.1, -0.05) is 0 Å². The van der Waals surface area contributed by atoms with Gasteiger partial charge in [-0.25, -0.2) is 0 Å². The van der Waals surface area contributed by atoms with E-state index in [-0.39, 0.29) is 0 Å². The summed E-state index contributed by atoms with van der Waals surface area (Å²) in [7, 11) is 0. The lowest BCUT2D eigenvalue weighted by molar-refractivity contribution is 0.114. The topological polar surface area (TPSA) is 53.1 Å². The number of ether oxygens (including phenoxy) is 1. The van der Waals surface area contributed by atoms with Gasteiger partial charge in [-0.05, 0) is 12.8 Å². The maximum absolute atomic E-state index is 5.59. The quantitative estimate of drug-likeness (QED) is 0.609. The van der Waals surface area contributed by atoms with Crippen LogP contribution < -0.4 is 5.73 Å². The molecule has 0 amide bonds. The highest BCUT2D eigenvalue weighted by atomic mass is 16.5. The Labute approximate surface area is 71.3 Å².